The Morgan fingerprint density at radius 2 is 2.08 bits per heavy atom. The Morgan fingerprint density at radius 3 is 2.80 bits per heavy atom. The number of carbonyl (C=O) groups is 1. The summed E-state index contributed by atoms with van der Waals surface area (Å²) in [6.45, 7) is 3.41. The van der Waals surface area contributed by atoms with Gasteiger partial charge in [0.15, 0.2) is 4.80 Å². The summed E-state index contributed by atoms with van der Waals surface area (Å²) in [6, 6.07) is 11.1. The van der Waals surface area contributed by atoms with E-state index in [4.69, 9.17) is 20.8 Å². The van der Waals surface area contributed by atoms with Crippen molar-refractivity contribution in [3.63, 3.8) is 0 Å². The number of fused-ring (bicyclic) bond motifs is 1. The van der Waals surface area contributed by atoms with Crippen LogP contribution in [-0.4, -0.2) is 27.2 Å². The Bertz CT molecular complexity index is 1910. The van der Waals surface area contributed by atoms with Crippen LogP contribution in [-0.2, 0) is 9.53 Å². The number of ether oxygens (including phenoxy) is 1. The van der Waals surface area contributed by atoms with Crippen LogP contribution in [0.4, 0.5) is 5.69 Å². The van der Waals surface area contributed by atoms with Crippen molar-refractivity contribution in [2.24, 2.45) is 4.99 Å². The van der Waals surface area contributed by atoms with E-state index < -0.39 is 22.5 Å². The van der Waals surface area contributed by atoms with Crippen LogP contribution in [0.2, 0.25) is 5.02 Å². The molecule has 1 N–H and O–H groups in total. The van der Waals surface area contributed by atoms with Crippen LogP contribution in [0, 0.1) is 13.7 Å². The Kier molecular flexibility index (Phi) is 7.66. The number of benzene rings is 2. The minimum atomic E-state index is -1.03. The van der Waals surface area contributed by atoms with E-state index >= 15 is 0 Å². The third-order valence-electron chi connectivity index (χ3n) is 6.12. The molecule has 204 valence electrons. The lowest BCUT2D eigenvalue weighted by molar-refractivity contribution is -0.384. The maximum absolute atomic E-state index is 13.8. The summed E-state index contributed by atoms with van der Waals surface area (Å²) in [6.07, 6.45) is 1.57. The van der Waals surface area contributed by atoms with Crippen molar-refractivity contribution in [1.82, 2.24) is 4.57 Å². The summed E-state index contributed by atoms with van der Waals surface area (Å²) in [4.78, 5) is 42.5. The number of furan rings is 1. The highest BCUT2D eigenvalue weighted by atomic mass is 127. The lowest BCUT2D eigenvalue weighted by Crippen LogP contribution is -2.39. The number of hydrogen-bond donors (Lipinski definition) is 1. The number of phenolic OH excluding ortho intramolecular Hbond substituents is 1. The van der Waals surface area contributed by atoms with Crippen molar-refractivity contribution < 1.29 is 24.0 Å². The maximum atomic E-state index is 13.8. The Morgan fingerprint density at radius 1 is 1.30 bits per heavy atom. The summed E-state index contributed by atoms with van der Waals surface area (Å²) in [7, 11) is 0. The van der Waals surface area contributed by atoms with Gasteiger partial charge in [-0.2, -0.15) is 0 Å². The van der Waals surface area contributed by atoms with Crippen molar-refractivity contribution in [1.29, 1.82) is 0 Å². The minimum absolute atomic E-state index is 0.00991. The van der Waals surface area contributed by atoms with Gasteiger partial charge in [0.25, 0.3) is 11.2 Å². The van der Waals surface area contributed by atoms with Crippen LogP contribution in [0.5, 0.6) is 5.75 Å². The topological polar surface area (TPSA) is 137 Å². The lowest BCUT2D eigenvalue weighted by atomic mass is 10.0. The first kappa shape index (κ1) is 27.8. The number of phenols is 1. The molecule has 2 aromatic heterocycles. The molecule has 40 heavy (non-hydrogen) atoms. The number of thiazole rings is 1. The van der Waals surface area contributed by atoms with E-state index in [-0.39, 0.29) is 50.3 Å². The normalized spacial score (nSPS) is 15.1. The molecule has 0 unspecified atom stereocenters. The number of nitro groups is 1. The molecule has 1 aliphatic rings. The largest absolute Gasteiger partial charge is 0.507 e. The Labute approximate surface area is 248 Å². The molecule has 13 heteroatoms. The predicted octanol–water partition coefficient (Wildman–Crippen LogP) is 4.93. The van der Waals surface area contributed by atoms with Crippen molar-refractivity contribution in [3.05, 3.63) is 110 Å². The molecular weight excluding hydrogens is 673 g/mol. The lowest BCUT2D eigenvalue weighted by Gasteiger charge is -2.22. The highest BCUT2D eigenvalue weighted by molar-refractivity contribution is 14.1. The molecule has 0 saturated heterocycles. The third kappa shape index (κ3) is 5.09. The molecule has 0 fully saturated rings. The van der Waals surface area contributed by atoms with Gasteiger partial charge >= 0.3 is 5.97 Å². The van der Waals surface area contributed by atoms with E-state index in [2.05, 4.69) is 27.6 Å². The molecule has 0 radical (unpaired) electrons. The standard InChI is InChI=1S/C27H19ClIN3O7S/c1-3-38-26(35)23-13(2)30-27-31(25(34)22(40-27)11-14-10-15(29)4-7-19(14)33)24(23)21-9-8-20(39-21)17-12-16(32(36)37)5-6-18(17)28/h4-12,24,33H,3H2,1-2H3/b22-11-/t24-/m0/s1. The number of nitro benzene ring substituents is 1. The van der Waals surface area contributed by atoms with E-state index in [0.717, 1.165) is 14.9 Å². The number of esters is 1. The first-order valence-corrected chi connectivity index (χ1v) is 14.1. The van der Waals surface area contributed by atoms with Crippen LogP contribution in [0.15, 0.2) is 74.0 Å². The van der Waals surface area contributed by atoms with Crippen molar-refractivity contribution in [3.8, 4) is 17.1 Å². The molecule has 2 aromatic carbocycles. The van der Waals surface area contributed by atoms with E-state index in [1.807, 2.05) is 0 Å². The van der Waals surface area contributed by atoms with Gasteiger partial charge in [0, 0.05) is 26.8 Å². The van der Waals surface area contributed by atoms with Gasteiger partial charge in [-0.3, -0.25) is 19.5 Å². The van der Waals surface area contributed by atoms with E-state index in [0.29, 0.717) is 16.1 Å². The highest BCUT2D eigenvalue weighted by Crippen LogP contribution is 2.37. The van der Waals surface area contributed by atoms with E-state index in [1.165, 1.54) is 22.8 Å². The van der Waals surface area contributed by atoms with E-state index in [1.54, 1.807) is 50.3 Å². The zero-order chi connectivity index (χ0) is 28.7. The molecule has 0 aliphatic carbocycles. The first-order valence-electron chi connectivity index (χ1n) is 11.8. The predicted molar refractivity (Wildman–Crippen MR) is 157 cm³/mol. The molecule has 1 atom stereocenters. The molecule has 1 aliphatic heterocycles. The molecule has 0 amide bonds. The number of carbonyl (C=O) groups excluding carboxylic acids is 1. The van der Waals surface area contributed by atoms with Crippen molar-refractivity contribution in [2.45, 2.75) is 19.9 Å². The summed E-state index contributed by atoms with van der Waals surface area (Å²) < 4.78 is 13.9. The second-order valence-corrected chi connectivity index (χ2v) is 11.3. The van der Waals surface area contributed by atoms with Gasteiger partial charge in [-0.15, -0.1) is 0 Å². The second kappa shape index (κ2) is 11.0. The summed E-state index contributed by atoms with van der Waals surface area (Å²) in [5, 5.41) is 21.9. The average Bonchev–Trinajstić information content (AvgIpc) is 3.50. The number of aromatic hydroxyl groups is 1. The minimum Gasteiger partial charge on any atom is -0.507 e. The van der Waals surface area contributed by atoms with Crippen LogP contribution >= 0.6 is 45.5 Å². The molecule has 10 nitrogen and oxygen atoms in total. The van der Waals surface area contributed by atoms with Crippen LogP contribution < -0.4 is 14.9 Å². The second-order valence-electron chi connectivity index (χ2n) is 8.63. The van der Waals surface area contributed by atoms with Crippen molar-refractivity contribution in [2.75, 3.05) is 6.61 Å². The monoisotopic (exact) mass is 691 g/mol. The maximum Gasteiger partial charge on any atom is 0.338 e. The zero-order valence-electron chi connectivity index (χ0n) is 20.9. The highest BCUT2D eigenvalue weighted by Gasteiger charge is 2.35. The third-order valence-corrected chi connectivity index (χ3v) is 8.10. The van der Waals surface area contributed by atoms with Gasteiger partial charge in [-0.25, -0.2) is 9.79 Å². The molecule has 4 aromatic rings. The fourth-order valence-corrected chi connectivity index (χ4v) is 6.07. The van der Waals surface area contributed by atoms with Gasteiger partial charge in [0.1, 0.15) is 23.3 Å². The molecule has 0 saturated carbocycles. The SMILES string of the molecule is CCOC(=O)C1=C(C)N=c2s/c(=C\c3cc(I)ccc3O)c(=O)n2[C@H]1c1ccc(-c2cc([N+](=O)[O-])ccc2Cl)o1. The fourth-order valence-electron chi connectivity index (χ4n) is 4.30. The Balaban J connectivity index is 1.71. The van der Waals surface area contributed by atoms with Crippen LogP contribution in [0.1, 0.15) is 31.2 Å². The summed E-state index contributed by atoms with van der Waals surface area (Å²) in [5.74, 6) is -0.229. The Hall–Kier alpha value is -3.75. The molecule has 5 rings (SSSR count). The van der Waals surface area contributed by atoms with Gasteiger partial charge in [0.2, 0.25) is 0 Å². The first-order chi connectivity index (χ1) is 19.1. The molecule has 0 spiro atoms. The van der Waals surface area contributed by atoms with Gasteiger partial charge in [0.05, 0.1) is 32.4 Å². The summed E-state index contributed by atoms with van der Waals surface area (Å²) in [5.41, 5.74) is 0.570. The summed E-state index contributed by atoms with van der Waals surface area (Å²) >= 11 is 9.54. The number of allylic oxidation sites excluding steroid dienone is 1. The van der Waals surface area contributed by atoms with E-state index in [9.17, 15) is 24.8 Å². The zero-order valence-corrected chi connectivity index (χ0v) is 24.6. The fraction of sp³-hybridized carbons (Fsp3) is 0.148. The van der Waals surface area contributed by atoms with Crippen LogP contribution in [0.3, 0.4) is 0 Å². The van der Waals surface area contributed by atoms with Gasteiger partial charge in [-0.1, -0.05) is 22.9 Å². The van der Waals surface area contributed by atoms with Gasteiger partial charge < -0.3 is 14.3 Å². The average molecular weight is 692 g/mol. The number of rotatable bonds is 6. The molecule has 3 heterocycles. The number of hydrogen-bond acceptors (Lipinski definition) is 9. The van der Waals surface area contributed by atoms with Crippen LogP contribution in [0.25, 0.3) is 17.4 Å². The number of non-ortho nitro benzene ring substituents is 1. The molecule has 0 bridgehead atoms. The number of aromatic nitrogens is 1. The van der Waals surface area contributed by atoms with Gasteiger partial charge in [-0.05, 0) is 78.9 Å². The van der Waals surface area contributed by atoms with Crippen molar-refractivity contribution >= 4 is 63.3 Å². The smallest absolute Gasteiger partial charge is 0.338 e. The number of halogens is 2. The quantitative estimate of drug-likeness (QED) is 0.131. The molecular formula is C27H19ClIN3O7S. The number of nitrogens with zero attached hydrogens (tertiary/aromatic N) is 3.